The molecule has 0 aliphatic heterocycles. The van der Waals surface area contributed by atoms with Crippen molar-refractivity contribution < 1.29 is 4.42 Å². The number of aromatic nitrogens is 4. The molecule has 1 aromatic carbocycles. The van der Waals surface area contributed by atoms with E-state index < -0.39 is 0 Å². The van der Waals surface area contributed by atoms with Gasteiger partial charge in [-0.15, -0.1) is 0 Å². The summed E-state index contributed by atoms with van der Waals surface area (Å²) < 4.78 is 5.81. The summed E-state index contributed by atoms with van der Waals surface area (Å²) in [7, 11) is 0. The molecule has 3 aromatic heterocycles. The molecule has 0 N–H and O–H groups in total. The fourth-order valence-corrected chi connectivity index (χ4v) is 2.15. The zero-order valence-electron chi connectivity index (χ0n) is 11.0. The first kappa shape index (κ1) is 11.7. The number of nitrogens with zero attached hydrogens (tertiary/aromatic N) is 4. The molecule has 4 rings (SSSR count). The Hall–Kier alpha value is -3.08. The van der Waals surface area contributed by atoms with Crippen molar-refractivity contribution in [2.45, 2.75) is 0 Å². The second kappa shape index (κ2) is 4.79. The lowest BCUT2D eigenvalue weighted by molar-refractivity contribution is 0.588. The van der Waals surface area contributed by atoms with Crippen molar-refractivity contribution in [1.82, 2.24) is 19.9 Å². The zero-order valence-corrected chi connectivity index (χ0v) is 11.0. The van der Waals surface area contributed by atoms with Gasteiger partial charge in [-0.1, -0.05) is 0 Å². The normalized spacial score (nSPS) is 10.9. The maximum Gasteiger partial charge on any atom is 0.226 e. The topological polar surface area (TPSA) is 64.7 Å². The summed E-state index contributed by atoms with van der Waals surface area (Å²) in [4.78, 5) is 16.9. The molecule has 0 atom stereocenters. The van der Waals surface area contributed by atoms with E-state index in [9.17, 15) is 0 Å². The van der Waals surface area contributed by atoms with Gasteiger partial charge in [-0.3, -0.25) is 15.0 Å². The highest BCUT2D eigenvalue weighted by atomic mass is 16.4. The van der Waals surface area contributed by atoms with Gasteiger partial charge in [0.15, 0.2) is 5.76 Å². The zero-order chi connectivity index (χ0) is 14.1. The Morgan fingerprint density at radius 3 is 2.52 bits per heavy atom. The first-order valence-corrected chi connectivity index (χ1v) is 6.47. The van der Waals surface area contributed by atoms with Crippen molar-refractivity contribution >= 4 is 11.0 Å². The Bertz CT molecular complexity index is 902. The summed E-state index contributed by atoms with van der Waals surface area (Å²) in [6.45, 7) is 0. The number of rotatable bonds is 2. The van der Waals surface area contributed by atoms with Crippen LogP contribution in [0.5, 0.6) is 0 Å². The van der Waals surface area contributed by atoms with Gasteiger partial charge in [0.25, 0.3) is 0 Å². The van der Waals surface area contributed by atoms with Gasteiger partial charge >= 0.3 is 0 Å². The van der Waals surface area contributed by atoms with Crippen molar-refractivity contribution in [3.8, 4) is 22.8 Å². The molecule has 21 heavy (non-hydrogen) atoms. The minimum absolute atomic E-state index is 0.557. The molecule has 0 saturated heterocycles. The van der Waals surface area contributed by atoms with Crippen LogP contribution in [0.1, 0.15) is 0 Å². The summed E-state index contributed by atoms with van der Waals surface area (Å²) in [5.41, 5.74) is 3.44. The minimum atomic E-state index is 0.557. The SMILES string of the molecule is c1cncc(-c2cnc(-c3ccc4nccnc4c3)o2)c1. The van der Waals surface area contributed by atoms with Crippen LogP contribution in [0, 0.1) is 0 Å². The molecule has 100 valence electrons. The second-order valence-electron chi connectivity index (χ2n) is 4.53. The lowest BCUT2D eigenvalue weighted by atomic mass is 10.2. The summed E-state index contributed by atoms with van der Waals surface area (Å²) in [5.74, 6) is 1.25. The Kier molecular flexibility index (Phi) is 2.67. The van der Waals surface area contributed by atoms with Gasteiger partial charge in [0, 0.05) is 35.9 Å². The number of pyridine rings is 1. The molecule has 0 radical (unpaired) electrons. The van der Waals surface area contributed by atoms with Crippen LogP contribution >= 0.6 is 0 Å². The van der Waals surface area contributed by atoms with E-state index in [0.717, 1.165) is 22.2 Å². The van der Waals surface area contributed by atoms with E-state index >= 15 is 0 Å². The van der Waals surface area contributed by atoms with E-state index in [1.807, 2.05) is 30.3 Å². The molecule has 0 unspecified atom stereocenters. The van der Waals surface area contributed by atoms with Crippen molar-refractivity contribution in [2.75, 3.05) is 0 Å². The average Bonchev–Trinajstić information content (AvgIpc) is 3.05. The molecule has 0 fully saturated rings. The number of hydrogen-bond donors (Lipinski definition) is 0. The van der Waals surface area contributed by atoms with Crippen LogP contribution in [0.2, 0.25) is 0 Å². The van der Waals surface area contributed by atoms with E-state index in [-0.39, 0.29) is 0 Å². The Balaban J connectivity index is 1.77. The average molecular weight is 274 g/mol. The molecule has 5 heteroatoms. The monoisotopic (exact) mass is 274 g/mol. The van der Waals surface area contributed by atoms with E-state index in [4.69, 9.17) is 4.42 Å². The largest absolute Gasteiger partial charge is 0.436 e. The van der Waals surface area contributed by atoms with Crippen molar-refractivity contribution in [3.05, 3.63) is 61.3 Å². The van der Waals surface area contributed by atoms with Crippen molar-refractivity contribution in [2.24, 2.45) is 0 Å². The maximum absolute atomic E-state index is 5.81. The Morgan fingerprint density at radius 1 is 0.762 bits per heavy atom. The second-order valence-corrected chi connectivity index (χ2v) is 4.53. The molecular formula is C16H10N4O. The van der Waals surface area contributed by atoms with Gasteiger partial charge < -0.3 is 4.42 Å². The molecule has 0 saturated carbocycles. The van der Waals surface area contributed by atoms with Gasteiger partial charge in [0.2, 0.25) is 5.89 Å². The summed E-state index contributed by atoms with van der Waals surface area (Å²) in [5, 5.41) is 0. The number of oxazole rings is 1. The minimum Gasteiger partial charge on any atom is -0.436 e. The van der Waals surface area contributed by atoms with Crippen molar-refractivity contribution in [1.29, 1.82) is 0 Å². The van der Waals surface area contributed by atoms with Crippen LogP contribution in [0.4, 0.5) is 0 Å². The highest BCUT2D eigenvalue weighted by molar-refractivity contribution is 5.79. The lowest BCUT2D eigenvalue weighted by Crippen LogP contribution is -1.83. The van der Waals surface area contributed by atoms with Crippen molar-refractivity contribution in [3.63, 3.8) is 0 Å². The van der Waals surface area contributed by atoms with Crippen LogP contribution < -0.4 is 0 Å². The van der Waals surface area contributed by atoms with Crippen LogP contribution in [-0.2, 0) is 0 Å². The van der Waals surface area contributed by atoms with Gasteiger partial charge in [-0.05, 0) is 30.3 Å². The molecule has 3 heterocycles. The summed E-state index contributed by atoms with van der Waals surface area (Å²) in [6.07, 6.45) is 8.52. The van der Waals surface area contributed by atoms with E-state index in [1.165, 1.54) is 0 Å². The van der Waals surface area contributed by atoms with Crippen LogP contribution in [0.3, 0.4) is 0 Å². The predicted molar refractivity (Wildman–Crippen MR) is 78.3 cm³/mol. The predicted octanol–water partition coefficient (Wildman–Crippen LogP) is 3.35. The lowest BCUT2D eigenvalue weighted by Gasteiger charge is -1.99. The molecule has 4 aromatic rings. The third kappa shape index (κ3) is 2.14. The van der Waals surface area contributed by atoms with Crippen LogP contribution in [0.15, 0.2) is 65.7 Å². The standard InChI is InChI=1S/C16H10N4O/c1-2-12(9-17-5-1)15-10-20-16(21-15)11-3-4-13-14(8-11)19-7-6-18-13/h1-10H. The highest BCUT2D eigenvalue weighted by Crippen LogP contribution is 2.26. The smallest absolute Gasteiger partial charge is 0.226 e. The van der Waals surface area contributed by atoms with Gasteiger partial charge in [0.1, 0.15) is 0 Å². The molecule has 0 spiro atoms. The number of hydrogen-bond acceptors (Lipinski definition) is 5. The van der Waals surface area contributed by atoms with E-state index in [1.54, 1.807) is 31.0 Å². The van der Waals surface area contributed by atoms with Gasteiger partial charge in [0.05, 0.1) is 17.2 Å². The number of fused-ring (bicyclic) bond motifs is 1. The fraction of sp³-hybridized carbons (Fsp3) is 0. The first-order chi connectivity index (χ1) is 10.4. The molecular weight excluding hydrogens is 264 g/mol. The summed E-state index contributed by atoms with van der Waals surface area (Å²) in [6, 6.07) is 9.55. The fourth-order valence-electron chi connectivity index (χ4n) is 2.15. The molecule has 5 nitrogen and oxygen atoms in total. The quantitative estimate of drug-likeness (QED) is 0.561. The van der Waals surface area contributed by atoms with Gasteiger partial charge in [-0.2, -0.15) is 0 Å². The highest BCUT2D eigenvalue weighted by Gasteiger charge is 2.09. The summed E-state index contributed by atoms with van der Waals surface area (Å²) >= 11 is 0. The molecule has 0 bridgehead atoms. The van der Waals surface area contributed by atoms with E-state index in [0.29, 0.717) is 11.7 Å². The molecule has 0 amide bonds. The Labute approximate surface area is 120 Å². The third-order valence-corrected chi connectivity index (χ3v) is 3.17. The van der Waals surface area contributed by atoms with E-state index in [2.05, 4.69) is 19.9 Å². The number of benzene rings is 1. The van der Waals surface area contributed by atoms with Crippen LogP contribution in [-0.4, -0.2) is 19.9 Å². The first-order valence-electron chi connectivity index (χ1n) is 6.47. The maximum atomic E-state index is 5.81. The van der Waals surface area contributed by atoms with Gasteiger partial charge in [-0.25, -0.2) is 4.98 Å². The third-order valence-electron chi connectivity index (χ3n) is 3.17. The molecule has 0 aliphatic carbocycles. The van der Waals surface area contributed by atoms with Crippen LogP contribution in [0.25, 0.3) is 33.8 Å². The Morgan fingerprint density at radius 2 is 1.67 bits per heavy atom. The molecule has 0 aliphatic rings.